The van der Waals surface area contributed by atoms with Crippen LogP contribution in [0.25, 0.3) is 11.1 Å². The number of carboxylic acid groups (broad SMARTS) is 1. The zero-order valence-corrected chi connectivity index (χ0v) is 24.2. The summed E-state index contributed by atoms with van der Waals surface area (Å²) in [6.45, 7) is -0.313. The summed E-state index contributed by atoms with van der Waals surface area (Å²) in [4.78, 5) is 39.2. The van der Waals surface area contributed by atoms with Gasteiger partial charge in [-0.2, -0.15) is 13.2 Å². The molecule has 45 heavy (non-hydrogen) atoms. The molecule has 0 radical (unpaired) electrons. The first kappa shape index (κ1) is 31.6. The number of hydrogen-bond acceptors (Lipinski definition) is 5. The van der Waals surface area contributed by atoms with Crippen LogP contribution in [0.2, 0.25) is 0 Å². The van der Waals surface area contributed by atoms with E-state index in [0.29, 0.717) is 16.2 Å². The van der Waals surface area contributed by atoms with E-state index in [4.69, 9.17) is 11.2 Å². The maximum Gasteiger partial charge on any atom is 0.416 e. The Bertz CT molecular complexity index is 1840. The second-order valence-corrected chi connectivity index (χ2v) is 10.1. The fourth-order valence-corrected chi connectivity index (χ4v) is 5.04. The number of carboxylic acids is 1. The molecule has 2 N–H and O–H groups in total. The Labute approximate surface area is 255 Å². The van der Waals surface area contributed by atoms with Crippen LogP contribution in [0, 0.1) is 18.6 Å². The van der Waals surface area contributed by atoms with Gasteiger partial charge < -0.3 is 15.2 Å². The molecular formula is C32H30F5N3O5. The second-order valence-electron chi connectivity index (χ2n) is 10.1. The standard InChI is InChI=1S/C32H30F5N3O5/c1-19-28(21-11-6-14-26(45-2)29(21)34)30(43)40(18-25(20-9-4-3-5-10-20)38-16-8-15-27(41)42)31(44)39(19)17-22-23(32(35,36)37)12-7-13-24(22)33/h3-7,9-14,25,38H,8,15-18H2,1-2H3,(H,41,42)/t25-/m1/s1/i8D/t8?,25-. The molecule has 0 bridgehead atoms. The summed E-state index contributed by atoms with van der Waals surface area (Å²) in [7, 11) is 1.20. The van der Waals surface area contributed by atoms with Crippen molar-refractivity contribution >= 4 is 5.97 Å². The molecule has 4 rings (SSSR count). The summed E-state index contributed by atoms with van der Waals surface area (Å²) in [5, 5.41) is 12.1. The summed E-state index contributed by atoms with van der Waals surface area (Å²) in [6, 6.07) is 13.8. The van der Waals surface area contributed by atoms with Gasteiger partial charge in [0.15, 0.2) is 11.6 Å². The maximum absolute atomic E-state index is 15.6. The van der Waals surface area contributed by atoms with Crippen molar-refractivity contribution in [2.24, 2.45) is 0 Å². The lowest BCUT2D eigenvalue weighted by Crippen LogP contribution is -2.45. The zero-order chi connectivity index (χ0) is 33.8. The van der Waals surface area contributed by atoms with Gasteiger partial charge in [-0.25, -0.2) is 13.6 Å². The average Bonchev–Trinajstić information content (AvgIpc) is 3.00. The number of rotatable bonds is 12. The Morgan fingerprint density at radius 3 is 2.36 bits per heavy atom. The Kier molecular flexibility index (Phi) is 9.77. The Morgan fingerprint density at radius 2 is 1.71 bits per heavy atom. The van der Waals surface area contributed by atoms with Crippen molar-refractivity contribution in [3.05, 3.63) is 122 Å². The van der Waals surface area contributed by atoms with Crippen molar-refractivity contribution in [3.63, 3.8) is 0 Å². The zero-order valence-electron chi connectivity index (χ0n) is 25.2. The van der Waals surface area contributed by atoms with E-state index in [2.05, 4.69) is 5.32 Å². The van der Waals surface area contributed by atoms with Crippen molar-refractivity contribution in [2.75, 3.05) is 13.7 Å². The van der Waals surface area contributed by atoms with Crippen LogP contribution in [0.15, 0.2) is 76.3 Å². The molecule has 1 unspecified atom stereocenters. The number of nitrogens with zero attached hydrogens (tertiary/aromatic N) is 2. The minimum absolute atomic E-state index is 0.164. The van der Waals surface area contributed by atoms with E-state index in [1.165, 1.54) is 32.2 Å². The van der Waals surface area contributed by atoms with Crippen molar-refractivity contribution in [2.45, 2.75) is 45.0 Å². The lowest BCUT2D eigenvalue weighted by atomic mass is 10.0. The highest BCUT2D eigenvalue weighted by molar-refractivity contribution is 5.68. The van der Waals surface area contributed by atoms with Crippen LogP contribution in [0.3, 0.4) is 0 Å². The molecule has 2 atom stereocenters. The quantitative estimate of drug-likeness (QED) is 0.199. The van der Waals surface area contributed by atoms with Crippen molar-refractivity contribution in [3.8, 4) is 16.9 Å². The van der Waals surface area contributed by atoms with Gasteiger partial charge in [0.25, 0.3) is 5.56 Å². The van der Waals surface area contributed by atoms with Gasteiger partial charge in [-0.05, 0) is 43.6 Å². The SMILES string of the molecule is [2H]C(CN[C@H](Cn1c(=O)c(-c2cccc(OC)c2F)c(C)n(Cc2c(F)cccc2C(F)(F)F)c1=O)c1ccccc1)CC(=O)O. The van der Waals surface area contributed by atoms with Gasteiger partial charge in [0.1, 0.15) is 5.82 Å². The molecule has 238 valence electrons. The third kappa shape index (κ3) is 7.31. The molecule has 4 aromatic rings. The topological polar surface area (TPSA) is 103 Å². The minimum Gasteiger partial charge on any atom is -0.494 e. The fourth-order valence-electron chi connectivity index (χ4n) is 5.04. The number of halogens is 5. The van der Waals surface area contributed by atoms with E-state index in [1.807, 2.05) is 0 Å². The first-order valence-electron chi connectivity index (χ1n) is 14.3. The number of alkyl halides is 3. The van der Waals surface area contributed by atoms with Crippen LogP contribution in [-0.4, -0.2) is 33.9 Å². The summed E-state index contributed by atoms with van der Waals surface area (Å²) in [6.07, 6.45) is -6.57. The molecule has 0 amide bonds. The van der Waals surface area contributed by atoms with Gasteiger partial charge in [-0.1, -0.05) is 48.5 Å². The second kappa shape index (κ2) is 13.9. The van der Waals surface area contributed by atoms with E-state index in [0.717, 1.165) is 16.7 Å². The number of benzene rings is 3. The van der Waals surface area contributed by atoms with Crippen molar-refractivity contribution in [1.82, 2.24) is 14.5 Å². The van der Waals surface area contributed by atoms with Gasteiger partial charge in [0, 0.05) is 24.6 Å². The number of methoxy groups -OCH3 is 1. The highest BCUT2D eigenvalue weighted by Gasteiger charge is 2.35. The average molecular weight is 633 g/mol. The lowest BCUT2D eigenvalue weighted by Gasteiger charge is -2.23. The Morgan fingerprint density at radius 1 is 1.02 bits per heavy atom. The highest BCUT2D eigenvalue weighted by Crippen LogP contribution is 2.34. The molecule has 0 aliphatic rings. The Hall–Kier alpha value is -4.78. The van der Waals surface area contributed by atoms with Gasteiger partial charge >= 0.3 is 17.8 Å². The summed E-state index contributed by atoms with van der Waals surface area (Å²) < 4.78 is 86.9. The largest absolute Gasteiger partial charge is 0.494 e. The molecule has 0 aliphatic carbocycles. The van der Waals surface area contributed by atoms with E-state index < -0.39 is 78.1 Å². The monoisotopic (exact) mass is 632 g/mol. The first-order chi connectivity index (χ1) is 21.7. The van der Waals surface area contributed by atoms with E-state index >= 15 is 4.39 Å². The number of aromatic nitrogens is 2. The van der Waals surface area contributed by atoms with Crippen LogP contribution in [0.5, 0.6) is 5.75 Å². The molecule has 3 aromatic carbocycles. The summed E-state index contributed by atoms with van der Waals surface area (Å²) in [5.74, 6) is -3.64. The molecular weight excluding hydrogens is 601 g/mol. The summed E-state index contributed by atoms with van der Waals surface area (Å²) >= 11 is 0. The maximum atomic E-state index is 15.6. The van der Waals surface area contributed by atoms with E-state index in [9.17, 15) is 31.9 Å². The molecule has 0 spiro atoms. The van der Waals surface area contributed by atoms with Gasteiger partial charge in [-0.15, -0.1) is 0 Å². The normalized spacial score (nSPS) is 13.3. The van der Waals surface area contributed by atoms with Crippen molar-refractivity contribution < 1.29 is 38.0 Å². The van der Waals surface area contributed by atoms with E-state index in [1.54, 1.807) is 30.3 Å². The molecule has 1 aromatic heterocycles. The van der Waals surface area contributed by atoms with Gasteiger partial charge in [-0.3, -0.25) is 18.7 Å². The van der Waals surface area contributed by atoms with E-state index in [-0.39, 0.29) is 29.1 Å². The Balaban J connectivity index is 1.96. The fraction of sp³-hybridized carbons (Fsp3) is 0.281. The number of carbonyl (C=O) groups is 1. The number of ether oxygens (including phenoxy) is 1. The lowest BCUT2D eigenvalue weighted by molar-refractivity contribution is -0.138. The van der Waals surface area contributed by atoms with Crippen LogP contribution < -0.4 is 21.3 Å². The first-order valence-corrected chi connectivity index (χ1v) is 13.7. The predicted octanol–water partition coefficient (Wildman–Crippen LogP) is 5.54. The van der Waals surface area contributed by atoms with Crippen LogP contribution in [0.4, 0.5) is 22.0 Å². The molecule has 0 saturated heterocycles. The molecule has 0 saturated carbocycles. The highest BCUT2D eigenvalue weighted by atomic mass is 19.4. The van der Waals surface area contributed by atoms with Crippen molar-refractivity contribution in [1.29, 1.82) is 0 Å². The minimum atomic E-state index is -4.98. The predicted molar refractivity (Wildman–Crippen MR) is 156 cm³/mol. The van der Waals surface area contributed by atoms with Crippen LogP contribution >= 0.6 is 0 Å². The third-order valence-corrected chi connectivity index (χ3v) is 7.28. The van der Waals surface area contributed by atoms with Gasteiger partial charge in [0.2, 0.25) is 0 Å². The third-order valence-electron chi connectivity index (χ3n) is 7.28. The molecule has 1 heterocycles. The number of aliphatic carboxylic acids is 1. The van der Waals surface area contributed by atoms with Crippen LogP contribution in [0.1, 0.15) is 42.6 Å². The van der Waals surface area contributed by atoms with Crippen LogP contribution in [-0.2, 0) is 24.1 Å². The molecule has 0 fully saturated rings. The van der Waals surface area contributed by atoms with Gasteiger partial charge in [0.05, 0.1) is 37.4 Å². The molecule has 13 heteroatoms. The smallest absolute Gasteiger partial charge is 0.416 e. The molecule has 8 nitrogen and oxygen atoms in total. The number of hydrogen-bond donors (Lipinski definition) is 2. The molecule has 0 aliphatic heterocycles. The number of nitrogens with one attached hydrogen (secondary N) is 1. The summed E-state index contributed by atoms with van der Waals surface area (Å²) in [5.41, 5.74) is -4.60.